The average Bonchev–Trinajstić information content (AvgIpc) is 2.47. The third-order valence-corrected chi connectivity index (χ3v) is 3.36. The Morgan fingerprint density at radius 2 is 1.89 bits per heavy atom. The smallest absolute Gasteiger partial charge is 0.208 e. The highest BCUT2D eigenvalue weighted by Crippen LogP contribution is 2.08. The minimum atomic E-state index is 0.754. The zero-order chi connectivity index (χ0) is 13.5. The van der Waals surface area contributed by atoms with Crippen molar-refractivity contribution >= 4 is 5.96 Å². The number of hydrazine groups is 1. The van der Waals surface area contributed by atoms with Crippen molar-refractivity contribution < 1.29 is 0 Å². The molecule has 1 saturated heterocycles. The minimum Gasteiger partial charge on any atom is -0.339 e. The zero-order valence-corrected chi connectivity index (χ0v) is 11.5. The lowest BCUT2D eigenvalue weighted by Crippen LogP contribution is -2.53. The Labute approximate surface area is 115 Å². The highest BCUT2D eigenvalue weighted by molar-refractivity contribution is 5.79. The van der Waals surface area contributed by atoms with Crippen LogP contribution in [0.1, 0.15) is 12.5 Å². The molecule has 1 aromatic carbocycles. The van der Waals surface area contributed by atoms with E-state index in [4.69, 9.17) is 5.84 Å². The molecule has 0 aromatic heterocycles. The van der Waals surface area contributed by atoms with Crippen molar-refractivity contribution in [2.75, 3.05) is 32.7 Å². The minimum absolute atomic E-state index is 0.754. The van der Waals surface area contributed by atoms with Crippen LogP contribution in [0.3, 0.4) is 0 Å². The van der Waals surface area contributed by atoms with Gasteiger partial charge < -0.3 is 4.90 Å². The van der Waals surface area contributed by atoms with E-state index in [9.17, 15) is 0 Å². The molecule has 3 N–H and O–H groups in total. The Morgan fingerprint density at radius 1 is 1.21 bits per heavy atom. The van der Waals surface area contributed by atoms with Crippen LogP contribution in [0.4, 0.5) is 0 Å². The summed E-state index contributed by atoms with van der Waals surface area (Å²) in [5.41, 5.74) is 4.07. The van der Waals surface area contributed by atoms with Gasteiger partial charge in [0.25, 0.3) is 0 Å². The number of rotatable bonds is 3. The first kappa shape index (κ1) is 13.8. The molecule has 0 aliphatic carbocycles. The number of nitrogens with two attached hydrogens (primary N) is 1. The fourth-order valence-corrected chi connectivity index (χ4v) is 2.35. The standard InChI is InChI=1S/C14H23N5/c1-2-16-14(17-15)19-10-8-18(9-11-19)12-13-6-4-3-5-7-13/h3-7H,2,8-12,15H2,1H3,(H,16,17). The van der Waals surface area contributed by atoms with Crippen molar-refractivity contribution in [3.63, 3.8) is 0 Å². The Morgan fingerprint density at radius 3 is 2.47 bits per heavy atom. The maximum atomic E-state index is 5.51. The van der Waals surface area contributed by atoms with Crippen molar-refractivity contribution in [1.29, 1.82) is 0 Å². The quantitative estimate of drug-likeness (QED) is 0.363. The van der Waals surface area contributed by atoms with Gasteiger partial charge in [0.2, 0.25) is 5.96 Å². The van der Waals surface area contributed by atoms with Gasteiger partial charge in [-0.3, -0.25) is 15.3 Å². The van der Waals surface area contributed by atoms with Crippen LogP contribution in [0.2, 0.25) is 0 Å². The molecule has 104 valence electrons. The highest BCUT2D eigenvalue weighted by atomic mass is 15.4. The summed E-state index contributed by atoms with van der Waals surface area (Å²) in [5.74, 6) is 6.32. The van der Waals surface area contributed by atoms with Crippen LogP contribution in [-0.4, -0.2) is 48.5 Å². The molecule has 1 aliphatic heterocycles. The summed E-state index contributed by atoms with van der Waals surface area (Å²) in [7, 11) is 0. The van der Waals surface area contributed by atoms with Crippen LogP contribution >= 0.6 is 0 Å². The van der Waals surface area contributed by atoms with E-state index >= 15 is 0 Å². The van der Waals surface area contributed by atoms with E-state index in [1.165, 1.54) is 5.56 Å². The number of aliphatic imine (C=N–C) groups is 1. The van der Waals surface area contributed by atoms with Gasteiger partial charge in [0.05, 0.1) is 0 Å². The van der Waals surface area contributed by atoms with Gasteiger partial charge in [-0.15, -0.1) is 0 Å². The summed E-state index contributed by atoms with van der Waals surface area (Å²) in [6.07, 6.45) is 0. The molecule has 1 aliphatic rings. The Hall–Kier alpha value is -1.59. The molecule has 1 heterocycles. The van der Waals surface area contributed by atoms with Crippen LogP contribution in [-0.2, 0) is 6.54 Å². The predicted octanol–water partition coefficient (Wildman–Crippen LogP) is 0.643. The Bertz CT molecular complexity index is 396. The van der Waals surface area contributed by atoms with Crippen molar-refractivity contribution in [2.45, 2.75) is 13.5 Å². The third-order valence-electron chi connectivity index (χ3n) is 3.36. The molecule has 0 bridgehead atoms. The second kappa shape index (κ2) is 7.11. The van der Waals surface area contributed by atoms with Crippen LogP contribution in [0.25, 0.3) is 0 Å². The van der Waals surface area contributed by atoms with Gasteiger partial charge in [-0.2, -0.15) is 0 Å². The molecule has 1 fully saturated rings. The lowest BCUT2D eigenvalue weighted by Gasteiger charge is -2.36. The molecule has 0 radical (unpaired) electrons. The van der Waals surface area contributed by atoms with Crippen molar-refractivity contribution in [2.24, 2.45) is 10.8 Å². The normalized spacial score (nSPS) is 17.6. The monoisotopic (exact) mass is 261 g/mol. The summed E-state index contributed by atoms with van der Waals surface area (Å²) in [6.45, 7) is 7.81. The van der Waals surface area contributed by atoms with E-state index in [-0.39, 0.29) is 0 Å². The van der Waals surface area contributed by atoms with Crippen molar-refractivity contribution in [1.82, 2.24) is 15.2 Å². The SMILES string of the molecule is CCN=C(NN)N1CCN(Cc2ccccc2)CC1. The topological polar surface area (TPSA) is 56.9 Å². The van der Waals surface area contributed by atoms with Gasteiger partial charge in [-0.05, 0) is 12.5 Å². The molecule has 0 amide bonds. The number of nitrogens with one attached hydrogen (secondary N) is 1. The number of nitrogens with zero attached hydrogens (tertiary/aromatic N) is 3. The average molecular weight is 261 g/mol. The van der Waals surface area contributed by atoms with Gasteiger partial charge in [0, 0.05) is 39.3 Å². The van der Waals surface area contributed by atoms with Gasteiger partial charge in [0.1, 0.15) is 0 Å². The Kier molecular flexibility index (Phi) is 5.18. The molecule has 0 saturated carbocycles. The highest BCUT2D eigenvalue weighted by Gasteiger charge is 2.19. The summed E-state index contributed by atoms with van der Waals surface area (Å²) in [6, 6.07) is 10.6. The van der Waals surface area contributed by atoms with Gasteiger partial charge in [-0.25, -0.2) is 5.84 Å². The van der Waals surface area contributed by atoms with Crippen LogP contribution in [0.15, 0.2) is 35.3 Å². The first-order valence-corrected chi connectivity index (χ1v) is 6.85. The molecule has 0 atom stereocenters. The molecular weight excluding hydrogens is 238 g/mol. The fraction of sp³-hybridized carbons (Fsp3) is 0.500. The second-order valence-electron chi connectivity index (χ2n) is 4.69. The largest absolute Gasteiger partial charge is 0.339 e. The summed E-state index contributed by atoms with van der Waals surface area (Å²) < 4.78 is 0. The molecular formula is C14H23N5. The number of hydrogen-bond acceptors (Lipinski definition) is 3. The predicted molar refractivity (Wildman–Crippen MR) is 78.6 cm³/mol. The van der Waals surface area contributed by atoms with Crippen molar-refractivity contribution in [3.05, 3.63) is 35.9 Å². The van der Waals surface area contributed by atoms with E-state index in [2.05, 4.69) is 50.5 Å². The number of guanidine groups is 1. The molecule has 0 spiro atoms. The fourth-order valence-electron chi connectivity index (χ4n) is 2.35. The second-order valence-corrected chi connectivity index (χ2v) is 4.69. The third kappa shape index (κ3) is 3.94. The molecule has 0 unspecified atom stereocenters. The number of benzene rings is 1. The van der Waals surface area contributed by atoms with Gasteiger partial charge in [-0.1, -0.05) is 30.3 Å². The van der Waals surface area contributed by atoms with E-state index in [1.807, 2.05) is 6.92 Å². The van der Waals surface area contributed by atoms with E-state index in [1.54, 1.807) is 0 Å². The lowest BCUT2D eigenvalue weighted by molar-refractivity contribution is 0.172. The molecule has 5 nitrogen and oxygen atoms in total. The molecule has 2 rings (SSSR count). The molecule has 5 heteroatoms. The van der Waals surface area contributed by atoms with Crippen LogP contribution in [0.5, 0.6) is 0 Å². The first-order valence-electron chi connectivity index (χ1n) is 6.85. The van der Waals surface area contributed by atoms with Crippen molar-refractivity contribution in [3.8, 4) is 0 Å². The maximum absolute atomic E-state index is 5.51. The zero-order valence-electron chi connectivity index (χ0n) is 11.5. The molecule has 19 heavy (non-hydrogen) atoms. The number of hydrogen-bond donors (Lipinski definition) is 2. The maximum Gasteiger partial charge on any atom is 0.208 e. The summed E-state index contributed by atoms with van der Waals surface area (Å²) in [4.78, 5) is 9.04. The lowest BCUT2D eigenvalue weighted by atomic mass is 10.2. The first-order chi connectivity index (χ1) is 9.33. The summed E-state index contributed by atoms with van der Waals surface area (Å²) in [5, 5.41) is 0. The number of piperazine rings is 1. The molecule has 1 aromatic rings. The Balaban J connectivity index is 1.84. The summed E-state index contributed by atoms with van der Waals surface area (Å²) >= 11 is 0. The van der Waals surface area contributed by atoms with Gasteiger partial charge >= 0.3 is 0 Å². The van der Waals surface area contributed by atoms with E-state index in [0.29, 0.717) is 0 Å². The van der Waals surface area contributed by atoms with Crippen LogP contribution in [0, 0.1) is 0 Å². The van der Waals surface area contributed by atoms with E-state index in [0.717, 1.165) is 45.2 Å². The van der Waals surface area contributed by atoms with Crippen LogP contribution < -0.4 is 11.3 Å². The van der Waals surface area contributed by atoms with E-state index < -0.39 is 0 Å². The van der Waals surface area contributed by atoms with Gasteiger partial charge in [0.15, 0.2) is 0 Å².